The number of carboxylic acid groups (broad SMARTS) is 1. The van der Waals surface area contributed by atoms with E-state index in [9.17, 15) is 9.59 Å². The topological polar surface area (TPSA) is 83.6 Å². The highest BCUT2D eigenvalue weighted by Gasteiger charge is 2.44. The molecule has 5 heteroatoms. The SMILES string of the molecule is CC(C)(N)C(=O)N1CCC(C)(C(=O)O)C1. The third kappa shape index (κ3) is 2.28. The minimum absolute atomic E-state index is 0.188. The second-order valence-electron chi connectivity index (χ2n) is 5.06. The fourth-order valence-corrected chi connectivity index (χ4v) is 1.72. The molecule has 1 amide bonds. The Balaban J connectivity index is 2.73. The number of carboxylic acids is 1. The second kappa shape index (κ2) is 3.48. The minimum atomic E-state index is -0.927. The van der Waals surface area contributed by atoms with Crippen molar-refractivity contribution in [2.75, 3.05) is 13.1 Å². The van der Waals surface area contributed by atoms with Crippen LogP contribution in [0.1, 0.15) is 27.2 Å². The predicted molar refractivity (Wildman–Crippen MR) is 55.2 cm³/mol. The van der Waals surface area contributed by atoms with Gasteiger partial charge in [-0.2, -0.15) is 0 Å². The highest BCUT2D eigenvalue weighted by Crippen LogP contribution is 2.30. The van der Waals surface area contributed by atoms with Crippen molar-refractivity contribution in [3.05, 3.63) is 0 Å². The minimum Gasteiger partial charge on any atom is -0.481 e. The molecule has 0 spiro atoms. The molecule has 0 aliphatic carbocycles. The summed E-state index contributed by atoms with van der Waals surface area (Å²) < 4.78 is 0. The van der Waals surface area contributed by atoms with Crippen LogP contribution in [0.5, 0.6) is 0 Å². The van der Waals surface area contributed by atoms with E-state index in [0.29, 0.717) is 13.0 Å². The fourth-order valence-electron chi connectivity index (χ4n) is 1.72. The molecule has 0 saturated carbocycles. The van der Waals surface area contributed by atoms with Crippen LogP contribution in [-0.4, -0.2) is 40.5 Å². The van der Waals surface area contributed by atoms with E-state index < -0.39 is 16.9 Å². The Bertz CT molecular complexity index is 296. The lowest BCUT2D eigenvalue weighted by atomic mass is 9.90. The number of hydrogen-bond donors (Lipinski definition) is 2. The Hall–Kier alpha value is -1.10. The van der Waals surface area contributed by atoms with Crippen molar-refractivity contribution >= 4 is 11.9 Å². The maximum Gasteiger partial charge on any atom is 0.311 e. The van der Waals surface area contributed by atoms with E-state index in [1.54, 1.807) is 20.8 Å². The average molecular weight is 214 g/mol. The molecule has 86 valence electrons. The molecule has 3 N–H and O–H groups in total. The van der Waals surface area contributed by atoms with Gasteiger partial charge in [0.15, 0.2) is 0 Å². The van der Waals surface area contributed by atoms with Crippen LogP contribution in [0.2, 0.25) is 0 Å². The van der Waals surface area contributed by atoms with Crippen molar-refractivity contribution in [3.63, 3.8) is 0 Å². The van der Waals surface area contributed by atoms with Gasteiger partial charge in [-0.25, -0.2) is 0 Å². The third-order valence-corrected chi connectivity index (χ3v) is 2.83. The van der Waals surface area contributed by atoms with Crippen molar-refractivity contribution < 1.29 is 14.7 Å². The van der Waals surface area contributed by atoms with Crippen molar-refractivity contribution in [3.8, 4) is 0 Å². The number of aliphatic carboxylic acids is 1. The van der Waals surface area contributed by atoms with Gasteiger partial charge in [0.1, 0.15) is 0 Å². The summed E-state index contributed by atoms with van der Waals surface area (Å²) in [5.41, 5.74) is 3.94. The number of carbonyl (C=O) groups excluding carboxylic acids is 1. The first-order chi connectivity index (χ1) is 6.67. The maximum atomic E-state index is 11.8. The van der Waals surface area contributed by atoms with Gasteiger partial charge in [-0.1, -0.05) is 0 Å². The van der Waals surface area contributed by atoms with Crippen LogP contribution < -0.4 is 5.73 Å². The molecule has 1 unspecified atom stereocenters. The van der Waals surface area contributed by atoms with Gasteiger partial charge in [0, 0.05) is 13.1 Å². The van der Waals surface area contributed by atoms with E-state index >= 15 is 0 Å². The molecule has 1 fully saturated rings. The van der Waals surface area contributed by atoms with E-state index in [0.717, 1.165) is 0 Å². The largest absolute Gasteiger partial charge is 0.481 e. The Morgan fingerprint density at radius 2 is 2.00 bits per heavy atom. The zero-order chi connectivity index (χ0) is 11.9. The van der Waals surface area contributed by atoms with Crippen molar-refractivity contribution in [2.45, 2.75) is 32.7 Å². The number of nitrogens with zero attached hydrogens (tertiary/aromatic N) is 1. The Kier molecular flexibility index (Phi) is 2.78. The first-order valence-electron chi connectivity index (χ1n) is 4.98. The van der Waals surface area contributed by atoms with Crippen LogP contribution >= 0.6 is 0 Å². The number of nitrogens with two attached hydrogens (primary N) is 1. The first kappa shape index (κ1) is 12.0. The fraction of sp³-hybridized carbons (Fsp3) is 0.800. The summed E-state index contributed by atoms with van der Waals surface area (Å²) in [6.45, 7) is 5.65. The molecule has 0 bridgehead atoms. The molecule has 0 radical (unpaired) electrons. The number of rotatable bonds is 2. The van der Waals surface area contributed by atoms with Gasteiger partial charge in [0.25, 0.3) is 0 Å². The van der Waals surface area contributed by atoms with Crippen LogP contribution in [0, 0.1) is 5.41 Å². The van der Waals surface area contributed by atoms with Crippen LogP contribution in [0.4, 0.5) is 0 Å². The third-order valence-electron chi connectivity index (χ3n) is 2.83. The van der Waals surface area contributed by atoms with Crippen LogP contribution in [0.3, 0.4) is 0 Å². The second-order valence-corrected chi connectivity index (χ2v) is 5.06. The number of amides is 1. The van der Waals surface area contributed by atoms with Crippen LogP contribution in [0.15, 0.2) is 0 Å². The maximum absolute atomic E-state index is 11.8. The molecule has 1 saturated heterocycles. The van der Waals surface area contributed by atoms with Crippen molar-refractivity contribution in [2.24, 2.45) is 11.1 Å². The molecule has 1 heterocycles. The van der Waals surface area contributed by atoms with E-state index in [2.05, 4.69) is 0 Å². The van der Waals surface area contributed by atoms with E-state index in [1.165, 1.54) is 4.90 Å². The summed E-state index contributed by atoms with van der Waals surface area (Å²) in [7, 11) is 0. The first-order valence-corrected chi connectivity index (χ1v) is 4.98. The van der Waals surface area contributed by atoms with Crippen LogP contribution in [-0.2, 0) is 9.59 Å². The van der Waals surface area contributed by atoms with Gasteiger partial charge in [0.2, 0.25) is 5.91 Å². The standard InChI is InChI=1S/C10H18N2O3/c1-9(2,11)7(13)12-5-4-10(3,6-12)8(14)15/h4-6,11H2,1-3H3,(H,14,15). The van der Waals surface area contributed by atoms with Gasteiger partial charge in [-0.3, -0.25) is 9.59 Å². The number of hydrogen-bond acceptors (Lipinski definition) is 3. The summed E-state index contributed by atoms with van der Waals surface area (Å²) >= 11 is 0. The zero-order valence-corrected chi connectivity index (χ0v) is 9.41. The van der Waals surface area contributed by atoms with E-state index in [-0.39, 0.29) is 12.5 Å². The van der Waals surface area contributed by atoms with Gasteiger partial charge >= 0.3 is 5.97 Å². The molecule has 1 aliphatic rings. The Labute approximate surface area is 89.2 Å². The lowest BCUT2D eigenvalue weighted by Gasteiger charge is -2.26. The van der Waals surface area contributed by atoms with Gasteiger partial charge in [-0.05, 0) is 27.2 Å². The summed E-state index contributed by atoms with van der Waals surface area (Å²) in [5, 5.41) is 9.01. The predicted octanol–water partition coefficient (Wildman–Crippen LogP) is 0.0469. The molecule has 1 atom stereocenters. The monoisotopic (exact) mass is 214 g/mol. The lowest BCUT2D eigenvalue weighted by Crippen LogP contribution is -2.51. The molecule has 15 heavy (non-hydrogen) atoms. The lowest BCUT2D eigenvalue weighted by molar-refractivity contribution is -0.147. The van der Waals surface area contributed by atoms with Gasteiger partial charge in [0.05, 0.1) is 11.0 Å². The molecule has 1 rings (SSSR count). The highest BCUT2D eigenvalue weighted by molar-refractivity contribution is 5.86. The molecular weight excluding hydrogens is 196 g/mol. The van der Waals surface area contributed by atoms with Crippen molar-refractivity contribution in [1.82, 2.24) is 4.90 Å². The average Bonchev–Trinajstić information content (AvgIpc) is 2.46. The summed E-state index contributed by atoms with van der Waals surface area (Å²) in [4.78, 5) is 24.3. The molecule has 5 nitrogen and oxygen atoms in total. The Morgan fingerprint density at radius 3 is 2.33 bits per heavy atom. The summed E-state index contributed by atoms with van der Waals surface area (Å²) in [5.74, 6) is -1.04. The number of likely N-dealkylation sites (tertiary alicyclic amines) is 1. The zero-order valence-electron chi connectivity index (χ0n) is 9.41. The quantitative estimate of drug-likeness (QED) is 0.680. The number of carbonyl (C=O) groups is 2. The molecule has 1 aliphatic heterocycles. The molecule has 0 aromatic rings. The van der Waals surface area contributed by atoms with E-state index in [1.807, 2.05) is 0 Å². The Morgan fingerprint density at radius 1 is 1.47 bits per heavy atom. The summed E-state index contributed by atoms with van der Waals surface area (Å²) in [6.07, 6.45) is 0.490. The molecule has 0 aromatic carbocycles. The van der Waals surface area contributed by atoms with Crippen molar-refractivity contribution in [1.29, 1.82) is 0 Å². The molecule has 0 aromatic heterocycles. The normalized spacial score (nSPS) is 26.8. The van der Waals surface area contributed by atoms with Gasteiger partial charge < -0.3 is 15.7 Å². The summed E-state index contributed by atoms with van der Waals surface area (Å²) in [6, 6.07) is 0. The molecular formula is C10H18N2O3. The van der Waals surface area contributed by atoms with Gasteiger partial charge in [-0.15, -0.1) is 0 Å². The smallest absolute Gasteiger partial charge is 0.311 e. The van der Waals surface area contributed by atoms with E-state index in [4.69, 9.17) is 10.8 Å². The highest BCUT2D eigenvalue weighted by atomic mass is 16.4. The van der Waals surface area contributed by atoms with Crippen LogP contribution in [0.25, 0.3) is 0 Å².